The zero-order valence-corrected chi connectivity index (χ0v) is 33.1. The van der Waals surface area contributed by atoms with Crippen molar-refractivity contribution >= 4 is 46.7 Å². The lowest BCUT2D eigenvalue weighted by molar-refractivity contribution is -0.139. The second-order valence-corrected chi connectivity index (χ2v) is 16.8. The van der Waals surface area contributed by atoms with E-state index in [0.29, 0.717) is 45.5 Å². The molecule has 3 aromatic rings. The maximum absolute atomic E-state index is 13.5. The van der Waals surface area contributed by atoms with Gasteiger partial charge in [0.2, 0.25) is 11.8 Å². The third-order valence-corrected chi connectivity index (χ3v) is 13.3. The summed E-state index contributed by atoms with van der Waals surface area (Å²) in [4.78, 5) is 66.2. The summed E-state index contributed by atoms with van der Waals surface area (Å²) in [6.07, 6.45) is 4.61. The molecule has 9 rings (SSSR count). The van der Waals surface area contributed by atoms with Crippen LogP contribution >= 0.6 is 11.6 Å². The SMILES string of the molecule is N#Cc1ccc(OC2CCC(N3Cc4nc(N5CCN(CC6CCN(c7ccc8c(c7)C(O)N(C7CCC(=O)NC7=O)C8=O)CC6)CC5)ccc4C3=O)CC2)cc1Cl. The molecule has 4 amide bonds. The molecule has 0 spiro atoms. The van der Waals surface area contributed by atoms with Crippen molar-refractivity contribution in [3.63, 3.8) is 0 Å². The summed E-state index contributed by atoms with van der Waals surface area (Å²) in [5.41, 5.74) is 3.85. The molecule has 4 fully saturated rings. The average molecular weight is 807 g/mol. The second-order valence-electron chi connectivity index (χ2n) is 16.4. The molecule has 1 aromatic heterocycles. The van der Waals surface area contributed by atoms with Gasteiger partial charge in [-0.15, -0.1) is 0 Å². The first kappa shape index (κ1) is 38.3. The Morgan fingerprint density at radius 1 is 0.845 bits per heavy atom. The smallest absolute Gasteiger partial charge is 0.257 e. The van der Waals surface area contributed by atoms with Crippen LogP contribution < -0.4 is 19.9 Å². The van der Waals surface area contributed by atoms with E-state index in [0.717, 1.165) is 102 Å². The molecule has 302 valence electrons. The number of nitrogens with zero attached hydrogens (tertiary/aromatic N) is 7. The Kier molecular flexibility index (Phi) is 10.5. The Morgan fingerprint density at radius 2 is 1.60 bits per heavy atom. The first-order valence-corrected chi connectivity index (χ1v) is 20.9. The van der Waals surface area contributed by atoms with Crippen LogP contribution in [0.3, 0.4) is 0 Å². The number of carbonyl (C=O) groups is 4. The van der Waals surface area contributed by atoms with Gasteiger partial charge in [-0.3, -0.25) is 34.3 Å². The molecular weight excluding hydrogens is 760 g/mol. The van der Waals surface area contributed by atoms with Crippen LogP contribution in [0, 0.1) is 17.2 Å². The van der Waals surface area contributed by atoms with Crippen LogP contribution in [0.25, 0.3) is 0 Å². The summed E-state index contributed by atoms with van der Waals surface area (Å²) in [6, 6.07) is 16.0. The van der Waals surface area contributed by atoms with Crippen molar-refractivity contribution in [2.45, 2.75) is 82.3 Å². The monoisotopic (exact) mass is 806 g/mol. The fraction of sp³-hybridized carbons (Fsp3) is 0.488. The lowest BCUT2D eigenvalue weighted by Crippen LogP contribution is -2.53. The van der Waals surface area contributed by atoms with Gasteiger partial charge < -0.3 is 24.5 Å². The summed E-state index contributed by atoms with van der Waals surface area (Å²) >= 11 is 6.20. The van der Waals surface area contributed by atoms with Crippen LogP contribution in [0.1, 0.15) is 95.1 Å². The lowest BCUT2D eigenvalue weighted by atomic mass is 9.92. The number of anilines is 2. The molecule has 2 unspecified atom stereocenters. The van der Waals surface area contributed by atoms with Gasteiger partial charge in [0.1, 0.15) is 23.7 Å². The first-order chi connectivity index (χ1) is 28.1. The normalized spacial score (nSPS) is 25.5. The highest BCUT2D eigenvalue weighted by Crippen LogP contribution is 2.39. The maximum Gasteiger partial charge on any atom is 0.257 e. The molecule has 2 aromatic carbocycles. The van der Waals surface area contributed by atoms with Crippen LogP contribution in [-0.4, -0.2) is 112 Å². The van der Waals surface area contributed by atoms with E-state index in [4.69, 9.17) is 26.6 Å². The van der Waals surface area contributed by atoms with E-state index in [-0.39, 0.29) is 42.7 Å². The minimum absolute atomic E-state index is 0.0415. The van der Waals surface area contributed by atoms with Crippen molar-refractivity contribution in [1.82, 2.24) is 25.0 Å². The van der Waals surface area contributed by atoms with E-state index in [9.17, 15) is 24.3 Å². The summed E-state index contributed by atoms with van der Waals surface area (Å²) in [6.45, 7) is 6.98. The van der Waals surface area contributed by atoms with Gasteiger partial charge in [-0.05, 0) is 93.3 Å². The van der Waals surface area contributed by atoms with E-state index in [2.05, 4.69) is 26.1 Å². The summed E-state index contributed by atoms with van der Waals surface area (Å²) in [5.74, 6) is 0.931. The minimum atomic E-state index is -1.23. The fourth-order valence-electron chi connectivity index (χ4n) is 9.70. The quantitative estimate of drug-likeness (QED) is 0.313. The lowest BCUT2D eigenvalue weighted by Gasteiger charge is -2.39. The molecule has 15 heteroatoms. The number of aliphatic hydroxyl groups excluding tert-OH is 1. The molecule has 5 aliphatic heterocycles. The molecule has 6 heterocycles. The number of aromatic nitrogens is 1. The van der Waals surface area contributed by atoms with Gasteiger partial charge in [-0.2, -0.15) is 5.26 Å². The second kappa shape index (κ2) is 15.8. The third-order valence-electron chi connectivity index (χ3n) is 13.0. The predicted molar refractivity (Wildman–Crippen MR) is 214 cm³/mol. The number of amides is 4. The number of piperazine rings is 1. The topological polar surface area (TPSA) is 163 Å². The zero-order valence-electron chi connectivity index (χ0n) is 32.3. The number of ether oxygens (including phenoxy) is 1. The number of piperidine rings is 2. The summed E-state index contributed by atoms with van der Waals surface area (Å²) in [7, 11) is 0. The number of hydrogen-bond donors (Lipinski definition) is 2. The van der Waals surface area contributed by atoms with Gasteiger partial charge in [-0.1, -0.05) is 11.6 Å². The highest BCUT2D eigenvalue weighted by molar-refractivity contribution is 6.31. The minimum Gasteiger partial charge on any atom is -0.490 e. The average Bonchev–Trinajstić information content (AvgIpc) is 3.69. The number of halogens is 1. The van der Waals surface area contributed by atoms with Crippen molar-refractivity contribution in [3.8, 4) is 11.8 Å². The van der Waals surface area contributed by atoms with Crippen molar-refractivity contribution in [1.29, 1.82) is 5.26 Å². The number of aliphatic hydroxyl groups is 1. The van der Waals surface area contributed by atoms with Crippen LogP contribution in [0.15, 0.2) is 48.5 Å². The Labute approximate surface area is 342 Å². The van der Waals surface area contributed by atoms with Crippen molar-refractivity contribution in [3.05, 3.63) is 81.5 Å². The Hall–Kier alpha value is -5.23. The molecule has 58 heavy (non-hydrogen) atoms. The summed E-state index contributed by atoms with van der Waals surface area (Å²) < 4.78 is 6.18. The molecule has 0 bridgehead atoms. The van der Waals surface area contributed by atoms with E-state index in [1.807, 2.05) is 29.2 Å². The van der Waals surface area contributed by atoms with E-state index in [1.54, 1.807) is 24.3 Å². The van der Waals surface area contributed by atoms with E-state index in [1.165, 1.54) is 4.90 Å². The van der Waals surface area contributed by atoms with E-state index < -0.39 is 18.2 Å². The van der Waals surface area contributed by atoms with Crippen LogP contribution in [0.4, 0.5) is 11.5 Å². The number of imide groups is 1. The first-order valence-electron chi connectivity index (χ1n) is 20.5. The van der Waals surface area contributed by atoms with Gasteiger partial charge >= 0.3 is 0 Å². The maximum atomic E-state index is 13.5. The number of fused-ring (bicyclic) bond motifs is 2. The third kappa shape index (κ3) is 7.35. The number of hydrogen-bond acceptors (Lipinski definition) is 11. The highest BCUT2D eigenvalue weighted by Gasteiger charge is 2.45. The molecule has 1 saturated carbocycles. The van der Waals surface area contributed by atoms with Gasteiger partial charge in [0, 0.05) is 81.2 Å². The van der Waals surface area contributed by atoms with Gasteiger partial charge in [-0.25, -0.2) is 4.98 Å². The summed E-state index contributed by atoms with van der Waals surface area (Å²) in [5, 5.41) is 23.0. The van der Waals surface area contributed by atoms with Crippen molar-refractivity contribution in [2.24, 2.45) is 5.92 Å². The van der Waals surface area contributed by atoms with Crippen LogP contribution in [0.2, 0.25) is 5.02 Å². The van der Waals surface area contributed by atoms with Gasteiger partial charge in [0.15, 0.2) is 6.23 Å². The fourth-order valence-corrected chi connectivity index (χ4v) is 9.92. The number of nitriles is 1. The number of rotatable bonds is 8. The number of nitrogens with one attached hydrogen (secondary N) is 1. The predicted octanol–water partition coefficient (Wildman–Crippen LogP) is 4.24. The van der Waals surface area contributed by atoms with Crippen molar-refractivity contribution in [2.75, 3.05) is 55.6 Å². The van der Waals surface area contributed by atoms with Crippen LogP contribution in [0.5, 0.6) is 5.75 Å². The van der Waals surface area contributed by atoms with Crippen LogP contribution in [-0.2, 0) is 16.1 Å². The largest absolute Gasteiger partial charge is 0.490 e. The number of benzene rings is 2. The molecular formula is C43H47ClN8O6. The molecule has 6 aliphatic rings. The molecule has 3 saturated heterocycles. The van der Waals surface area contributed by atoms with E-state index >= 15 is 0 Å². The standard InChI is InChI=1S/C43H47ClN8O6/c44-35-22-31(5-1-27(35)23-45)58-30-6-2-28(3-7-30)51-25-36-33(41(51)55)9-11-38(46-36)50-19-17-48(18-20-50)24-26-13-15-49(16-14-26)29-4-8-32-34(21-29)43(57)52(42(32)56)37-10-12-39(53)47-40(37)54/h1,4-5,8-9,11,21-22,26,28,30,37,43,57H,2-3,6-7,10,12-20,24-25H2,(H,47,53,54). The Bertz CT molecular complexity index is 2170. The zero-order chi connectivity index (χ0) is 40.1. The van der Waals surface area contributed by atoms with Crippen molar-refractivity contribution < 1.29 is 29.0 Å². The molecule has 14 nitrogen and oxygen atoms in total. The molecule has 2 atom stereocenters. The molecule has 0 radical (unpaired) electrons. The van der Waals surface area contributed by atoms with Gasteiger partial charge in [0.05, 0.1) is 34.5 Å². The Morgan fingerprint density at radius 3 is 2.33 bits per heavy atom. The molecule has 1 aliphatic carbocycles. The number of carbonyl (C=O) groups excluding carboxylic acids is 4. The molecule has 2 N–H and O–H groups in total. The highest BCUT2D eigenvalue weighted by atomic mass is 35.5. The Balaban J connectivity index is 0.729. The number of pyridine rings is 1. The van der Waals surface area contributed by atoms with Gasteiger partial charge in [0.25, 0.3) is 11.8 Å².